The number of nitrogens with zero attached hydrogens (tertiary/aromatic N) is 3. The first-order valence-electron chi connectivity index (χ1n) is 11.3. The van der Waals surface area contributed by atoms with E-state index < -0.39 is 0 Å². The molecule has 0 aliphatic rings. The number of aliphatic hydroxyl groups is 1. The quantitative estimate of drug-likeness (QED) is 0.276. The average molecular weight is 471 g/mol. The maximum absolute atomic E-state index is 12.9. The highest BCUT2D eigenvalue weighted by Gasteiger charge is 2.18. The second-order valence-corrected chi connectivity index (χ2v) is 8.39. The molecule has 5 rings (SSSR count). The molecule has 0 spiro atoms. The number of benzene rings is 2. The van der Waals surface area contributed by atoms with Gasteiger partial charge in [-0.05, 0) is 54.8 Å². The first-order chi connectivity index (χ1) is 17.1. The first-order valence-corrected chi connectivity index (χ1v) is 11.3. The summed E-state index contributed by atoms with van der Waals surface area (Å²) in [7, 11) is 1.62. The van der Waals surface area contributed by atoms with Gasteiger partial charge in [-0.1, -0.05) is 12.1 Å². The monoisotopic (exact) mass is 470 g/mol. The molecule has 0 saturated carbocycles. The molecule has 4 N–H and O–H groups in total. The van der Waals surface area contributed by atoms with Crippen LogP contribution < -0.4 is 15.6 Å². The fourth-order valence-corrected chi connectivity index (χ4v) is 4.21. The molecular weight excluding hydrogens is 444 g/mol. The Bertz CT molecular complexity index is 1500. The second kappa shape index (κ2) is 9.47. The lowest BCUT2D eigenvalue weighted by molar-refractivity contribution is 0.273. The van der Waals surface area contributed by atoms with Crippen molar-refractivity contribution in [3.8, 4) is 22.8 Å². The van der Waals surface area contributed by atoms with Crippen LogP contribution in [0.25, 0.3) is 28.1 Å². The Morgan fingerprint density at radius 3 is 2.74 bits per heavy atom. The number of aromatic amines is 2. The van der Waals surface area contributed by atoms with Crippen LogP contribution in [0.5, 0.6) is 5.75 Å². The van der Waals surface area contributed by atoms with E-state index in [1.54, 1.807) is 31.9 Å². The number of ether oxygens (including phenoxy) is 1. The zero-order chi connectivity index (χ0) is 24.4. The summed E-state index contributed by atoms with van der Waals surface area (Å²) in [6, 6.07) is 13.2. The SMILES string of the molecule is COc1ccc(CC(CO)Nc2cc[nH]c(=O)c2-c2nc3c(C)cc(-n4ccnc4)cc3[nH]2)cc1. The summed E-state index contributed by atoms with van der Waals surface area (Å²) in [6.45, 7) is 1.88. The molecule has 9 heteroatoms. The number of methoxy groups -OCH3 is 1. The molecule has 0 aliphatic heterocycles. The highest BCUT2D eigenvalue weighted by Crippen LogP contribution is 2.28. The van der Waals surface area contributed by atoms with Crippen molar-refractivity contribution in [1.82, 2.24) is 24.5 Å². The maximum Gasteiger partial charge on any atom is 0.261 e. The van der Waals surface area contributed by atoms with Gasteiger partial charge in [0, 0.05) is 24.3 Å². The van der Waals surface area contributed by atoms with E-state index in [0.717, 1.165) is 33.6 Å². The molecule has 9 nitrogen and oxygen atoms in total. The van der Waals surface area contributed by atoms with Gasteiger partial charge in [0.05, 0.1) is 42.8 Å². The fraction of sp³-hybridized carbons (Fsp3) is 0.192. The molecule has 5 aromatic rings. The number of anilines is 1. The third kappa shape index (κ3) is 4.53. The predicted molar refractivity (Wildman–Crippen MR) is 135 cm³/mol. The van der Waals surface area contributed by atoms with Crippen LogP contribution in [-0.2, 0) is 6.42 Å². The van der Waals surface area contributed by atoms with E-state index in [2.05, 4.69) is 20.3 Å². The van der Waals surface area contributed by atoms with Crippen LogP contribution in [0.1, 0.15) is 11.1 Å². The molecule has 0 radical (unpaired) electrons. The number of rotatable bonds is 8. The van der Waals surface area contributed by atoms with E-state index in [-0.39, 0.29) is 18.2 Å². The largest absolute Gasteiger partial charge is 0.497 e. The Labute approximate surface area is 201 Å². The number of aromatic nitrogens is 5. The molecular formula is C26H26N6O3. The molecule has 0 aliphatic carbocycles. The van der Waals surface area contributed by atoms with Crippen LogP contribution >= 0.6 is 0 Å². The second-order valence-electron chi connectivity index (χ2n) is 8.39. The van der Waals surface area contributed by atoms with Crippen molar-refractivity contribution in [3.05, 3.63) is 88.9 Å². The number of nitrogens with one attached hydrogen (secondary N) is 3. The Kier molecular flexibility index (Phi) is 6.07. The van der Waals surface area contributed by atoms with Crippen molar-refractivity contribution in [2.75, 3.05) is 19.0 Å². The van der Waals surface area contributed by atoms with E-state index >= 15 is 0 Å². The van der Waals surface area contributed by atoms with Gasteiger partial charge in [0.1, 0.15) is 17.1 Å². The topological polar surface area (TPSA) is 121 Å². The van der Waals surface area contributed by atoms with Crippen LogP contribution in [0.15, 0.2) is 72.2 Å². The van der Waals surface area contributed by atoms with Gasteiger partial charge in [-0.3, -0.25) is 4.79 Å². The minimum absolute atomic E-state index is 0.105. The fourth-order valence-electron chi connectivity index (χ4n) is 4.21. The molecule has 178 valence electrons. The maximum atomic E-state index is 12.9. The molecule has 2 aromatic carbocycles. The van der Waals surface area contributed by atoms with E-state index in [0.29, 0.717) is 23.5 Å². The van der Waals surface area contributed by atoms with Gasteiger partial charge in [0.2, 0.25) is 0 Å². The van der Waals surface area contributed by atoms with E-state index in [1.807, 2.05) is 54.1 Å². The van der Waals surface area contributed by atoms with Crippen molar-refractivity contribution in [2.24, 2.45) is 0 Å². The summed E-state index contributed by atoms with van der Waals surface area (Å²) >= 11 is 0. The normalized spacial score (nSPS) is 12.1. The molecule has 1 atom stereocenters. The summed E-state index contributed by atoms with van der Waals surface area (Å²) in [5.41, 5.74) is 5.27. The zero-order valence-corrected chi connectivity index (χ0v) is 19.4. The highest BCUT2D eigenvalue weighted by atomic mass is 16.5. The lowest BCUT2D eigenvalue weighted by atomic mass is 10.1. The Balaban J connectivity index is 1.49. The number of fused-ring (bicyclic) bond motifs is 1. The van der Waals surface area contributed by atoms with Gasteiger partial charge < -0.3 is 29.7 Å². The van der Waals surface area contributed by atoms with Gasteiger partial charge in [-0.2, -0.15) is 0 Å². The molecule has 35 heavy (non-hydrogen) atoms. The first kappa shape index (κ1) is 22.4. The Morgan fingerprint density at radius 1 is 1.20 bits per heavy atom. The minimum atomic E-state index is -0.303. The molecule has 0 amide bonds. The summed E-state index contributed by atoms with van der Waals surface area (Å²) in [5, 5.41) is 13.4. The molecule has 3 aromatic heterocycles. The lowest BCUT2D eigenvalue weighted by Gasteiger charge is -2.19. The summed E-state index contributed by atoms with van der Waals surface area (Å²) in [5.74, 6) is 1.23. The number of hydrogen-bond acceptors (Lipinski definition) is 6. The molecule has 0 bridgehead atoms. The van der Waals surface area contributed by atoms with Crippen molar-refractivity contribution in [2.45, 2.75) is 19.4 Å². The molecule has 0 fully saturated rings. The third-order valence-electron chi connectivity index (χ3n) is 5.98. The molecule has 1 unspecified atom stereocenters. The van der Waals surface area contributed by atoms with Crippen LogP contribution in [0.4, 0.5) is 5.69 Å². The van der Waals surface area contributed by atoms with Crippen LogP contribution in [-0.4, -0.2) is 49.4 Å². The van der Waals surface area contributed by atoms with Gasteiger partial charge in [0.25, 0.3) is 5.56 Å². The number of aryl methyl sites for hydroxylation is 1. The van der Waals surface area contributed by atoms with Crippen LogP contribution in [0, 0.1) is 6.92 Å². The summed E-state index contributed by atoms with van der Waals surface area (Å²) in [4.78, 5) is 27.8. The predicted octanol–water partition coefficient (Wildman–Crippen LogP) is 3.44. The smallest absolute Gasteiger partial charge is 0.261 e. The van der Waals surface area contributed by atoms with Crippen LogP contribution in [0.2, 0.25) is 0 Å². The van der Waals surface area contributed by atoms with Gasteiger partial charge in [-0.25, -0.2) is 9.97 Å². The Morgan fingerprint density at radius 2 is 2.03 bits per heavy atom. The third-order valence-corrected chi connectivity index (χ3v) is 5.98. The average Bonchev–Trinajstić information content (AvgIpc) is 3.55. The van der Waals surface area contributed by atoms with Crippen molar-refractivity contribution < 1.29 is 9.84 Å². The van der Waals surface area contributed by atoms with Crippen molar-refractivity contribution in [1.29, 1.82) is 0 Å². The van der Waals surface area contributed by atoms with Gasteiger partial charge in [-0.15, -0.1) is 0 Å². The van der Waals surface area contributed by atoms with Gasteiger partial charge in [0.15, 0.2) is 0 Å². The summed E-state index contributed by atoms with van der Waals surface area (Å²) < 4.78 is 7.13. The standard InChI is InChI=1S/C26H26N6O3/c1-16-11-19(32-10-9-27-15-32)13-22-24(16)31-25(30-22)23-21(7-8-28-26(23)34)29-18(14-33)12-17-3-5-20(35-2)6-4-17/h3-11,13,15,18,33H,12,14H2,1-2H3,(H,30,31)(H2,28,29,34). The van der Waals surface area contributed by atoms with Crippen molar-refractivity contribution >= 4 is 16.7 Å². The highest BCUT2D eigenvalue weighted by molar-refractivity contribution is 5.86. The zero-order valence-electron chi connectivity index (χ0n) is 19.4. The molecule has 0 saturated heterocycles. The Hall–Kier alpha value is -4.37. The van der Waals surface area contributed by atoms with E-state index in [9.17, 15) is 9.90 Å². The number of H-pyrrole nitrogens is 2. The number of pyridine rings is 1. The lowest BCUT2D eigenvalue weighted by Crippen LogP contribution is -2.28. The number of hydrogen-bond donors (Lipinski definition) is 4. The van der Waals surface area contributed by atoms with E-state index in [4.69, 9.17) is 9.72 Å². The molecule has 3 heterocycles. The number of imidazole rings is 2. The minimum Gasteiger partial charge on any atom is -0.497 e. The van der Waals surface area contributed by atoms with E-state index in [1.165, 1.54) is 0 Å². The van der Waals surface area contributed by atoms with Gasteiger partial charge >= 0.3 is 0 Å². The van der Waals surface area contributed by atoms with Crippen molar-refractivity contribution in [3.63, 3.8) is 0 Å². The summed E-state index contributed by atoms with van der Waals surface area (Å²) in [6.07, 6.45) is 7.49. The number of aliphatic hydroxyl groups excluding tert-OH is 1. The van der Waals surface area contributed by atoms with Crippen LogP contribution in [0.3, 0.4) is 0 Å².